The zero-order valence-corrected chi connectivity index (χ0v) is 23.8. The number of carbonyl (C=O) groups is 4. The first-order valence-corrected chi connectivity index (χ1v) is 14.1. The summed E-state index contributed by atoms with van der Waals surface area (Å²) in [4.78, 5) is 58.5. The highest BCUT2D eigenvalue weighted by atomic mass is 79.9. The Hall–Kier alpha value is -4.70. The normalized spacial score (nSPS) is 23.5. The van der Waals surface area contributed by atoms with Crippen molar-refractivity contribution in [2.75, 3.05) is 18.8 Å². The first kappa shape index (κ1) is 26.2. The van der Waals surface area contributed by atoms with E-state index in [1.54, 1.807) is 83.9 Å². The number of methoxy groups -OCH3 is 1. The van der Waals surface area contributed by atoms with Crippen molar-refractivity contribution in [3.05, 3.63) is 106 Å². The molecule has 10 heteroatoms. The van der Waals surface area contributed by atoms with Gasteiger partial charge in [-0.1, -0.05) is 36.4 Å². The molecule has 9 nitrogen and oxygen atoms in total. The number of amides is 2. The van der Waals surface area contributed by atoms with E-state index in [1.807, 2.05) is 6.07 Å². The van der Waals surface area contributed by atoms with Crippen LogP contribution in [0.4, 0.5) is 5.69 Å². The number of fused-ring (bicyclic) bond motifs is 4. The molecule has 2 fully saturated rings. The van der Waals surface area contributed by atoms with E-state index in [1.165, 1.54) is 7.11 Å². The number of hydrogen-bond acceptors (Lipinski definition) is 8. The number of ketones is 2. The Kier molecular flexibility index (Phi) is 6.23. The van der Waals surface area contributed by atoms with Gasteiger partial charge in [-0.3, -0.25) is 19.2 Å². The number of hydrogen-bond donors (Lipinski definition) is 0. The maximum absolute atomic E-state index is 14.1. The second-order valence-electron chi connectivity index (χ2n) is 10.3. The van der Waals surface area contributed by atoms with Crippen LogP contribution < -0.4 is 19.1 Å². The molecule has 0 bridgehead atoms. The van der Waals surface area contributed by atoms with Gasteiger partial charge in [0.1, 0.15) is 11.8 Å². The molecule has 0 radical (unpaired) electrons. The number of allylic oxidation sites excluding steroid dienone is 2. The summed E-state index contributed by atoms with van der Waals surface area (Å²) in [6.07, 6.45) is 5.01. The van der Waals surface area contributed by atoms with Crippen molar-refractivity contribution in [2.24, 2.45) is 11.8 Å². The lowest BCUT2D eigenvalue weighted by Gasteiger charge is -2.33. The van der Waals surface area contributed by atoms with Crippen molar-refractivity contribution in [3.8, 4) is 17.2 Å². The number of halogens is 1. The molecule has 4 atom stereocenters. The Balaban J connectivity index is 1.31. The van der Waals surface area contributed by atoms with Gasteiger partial charge in [0.15, 0.2) is 23.1 Å². The maximum atomic E-state index is 14.1. The number of Topliss-reactive ketones (excluding diaryl/α,β-unsaturated/α-hetero) is 2. The summed E-state index contributed by atoms with van der Waals surface area (Å²) in [5.41, 5.74) is 1.59. The smallest absolute Gasteiger partial charge is 0.240 e. The molecule has 0 N–H and O–H groups in total. The van der Waals surface area contributed by atoms with Gasteiger partial charge < -0.3 is 19.1 Å². The third kappa shape index (κ3) is 3.97. The van der Waals surface area contributed by atoms with Gasteiger partial charge in [0, 0.05) is 29.0 Å². The van der Waals surface area contributed by atoms with E-state index in [-0.39, 0.29) is 18.4 Å². The van der Waals surface area contributed by atoms with Crippen LogP contribution in [-0.4, -0.2) is 54.3 Å². The monoisotopic (exact) mass is 626 g/mol. The molecular formula is C32H23BrN2O7. The molecular weight excluding hydrogens is 604 g/mol. The zero-order chi connectivity index (χ0) is 29.1. The summed E-state index contributed by atoms with van der Waals surface area (Å²) in [5, 5.41) is 0. The maximum Gasteiger partial charge on any atom is 0.240 e. The van der Waals surface area contributed by atoms with E-state index in [9.17, 15) is 19.2 Å². The molecule has 2 saturated heterocycles. The van der Waals surface area contributed by atoms with Crippen LogP contribution >= 0.6 is 15.9 Å². The van der Waals surface area contributed by atoms with E-state index in [0.717, 1.165) is 4.90 Å². The molecule has 0 spiro atoms. The molecule has 2 amide bonds. The summed E-state index contributed by atoms with van der Waals surface area (Å²) in [7, 11) is 1.53. The Morgan fingerprint density at radius 2 is 1.67 bits per heavy atom. The van der Waals surface area contributed by atoms with E-state index >= 15 is 0 Å². The van der Waals surface area contributed by atoms with Gasteiger partial charge in [0.05, 0.1) is 35.1 Å². The second-order valence-corrected chi connectivity index (χ2v) is 11.2. The first-order valence-electron chi connectivity index (χ1n) is 13.3. The lowest BCUT2D eigenvalue weighted by molar-refractivity contribution is -0.123. The van der Waals surface area contributed by atoms with Crippen LogP contribution in [0.2, 0.25) is 0 Å². The molecule has 210 valence electrons. The molecule has 4 unspecified atom stereocenters. The number of carbonyl (C=O) groups excluding carboxylic acids is 4. The number of anilines is 1. The third-order valence-corrected chi connectivity index (χ3v) is 8.79. The highest BCUT2D eigenvalue weighted by Gasteiger charge is 2.63. The Morgan fingerprint density at radius 1 is 0.905 bits per heavy atom. The fourth-order valence-electron chi connectivity index (χ4n) is 6.22. The average Bonchev–Trinajstić information content (AvgIpc) is 3.69. The fourth-order valence-corrected chi connectivity index (χ4v) is 6.76. The molecule has 4 aliphatic rings. The van der Waals surface area contributed by atoms with E-state index in [2.05, 4.69) is 15.9 Å². The van der Waals surface area contributed by atoms with Crippen LogP contribution in [0.5, 0.6) is 17.2 Å². The molecule has 4 heterocycles. The van der Waals surface area contributed by atoms with Gasteiger partial charge in [0.25, 0.3) is 0 Å². The molecule has 0 saturated carbocycles. The van der Waals surface area contributed by atoms with Crippen LogP contribution in [0.15, 0.2) is 95.1 Å². The van der Waals surface area contributed by atoms with Crippen LogP contribution in [0.25, 0.3) is 0 Å². The number of rotatable bonds is 6. The highest BCUT2D eigenvalue weighted by molar-refractivity contribution is 9.10. The average molecular weight is 627 g/mol. The lowest BCUT2D eigenvalue weighted by Crippen LogP contribution is -2.46. The predicted molar refractivity (Wildman–Crippen MR) is 154 cm³/mol. The standard InChI is InChI=1S/C32H23BrN2O7/c1-40-23-9-7-18(13-21(23)33)30(37)28-27-26(22-14-19(11-12-34(22)28)29(36)17-5-3-2-4-6-17)31(38)35(32(27)39)20-8-10-24-25(15-20)42-16-41-24/h2-15,22,26-28H,16H2,1H3. The topological polar surface area (TPSA) is 102 Å². The largest absolute Gasteiger partial charge is 0.496 e. The van der Waals surface area contributed by atoms with Crippen molar-refractivity contribution in [3.63, 3.8) is 0 Å². The van der Waals surface area contributed by atoms with E-state index < -0.39 is 35.7 Å². The number of benzene rings is 3. The summed E-state index contributed by atoms with van der Waals surface area (Å²) in [6.45, 7) is 0.0479. The second kappa shape index (κ2) is 9.99. The summed E-state index contributed by atoms with van der Waals surface area (Å²) in [6, 6.07) is 17.0. The molecule has 4 aliphatic heterocycles. The van der Waals surface area contributed by atoms with Gasteiger partial charge in [-0.05, 0) is 52.3 Å². The molecule has 3 aromatic carbocycles. The molecule has 7 rings (SSSR count). The van der Waals surface area contributed by atoms with Crippen molar-refractivity contribution in [1.29, 1.82) is 0 Å². The van der Waals surface area contributed by atoms with Gasteiger partial charge >= 0.3 is 0 Å². The van der Waals surface area contributed by atoms with Gasteiger partial charge in [-0.2, -0.15) is 0 Å². The molecule has 0 aliphatic carbocycles. The zero-order valence-electron chi connectivity index (χ0n) is 22.2. The summed E-state index contributed by atoms with van der Waals surface area (Å²) >= 11 is 3.44. The van der Waals surface area contributed by atoms with Crippen LogP contribution in [-0.2, 0) is 9.59 Å². The first-order chi connectivity index (χ1) is 20.4. The lowest BCUT2D eigenvalue weighted by atomic mass is 9.85. The predicted octanol–water partition coefficient (Wildman–Crippen LogP) is 4.56. The van der Waals surface area contributed by atoms with Crippen LogP contribution in [0.1, 0.15) is 20.7 Å². The molecule has 42 heavy (non-hydrogen) atoms. The minimum absolute atomic E-state index is 0.0479. The molecule has 0 aromatic heterocycles. The van der Waals surface area contributed by atoms with Crippen molar-refractivity contribution >= 4 is 45.0 Å². The van der Waals surface area contributed by atoms with Crippen molar-refractivity contribution in [1.82, 2.24) is 4.90 Å². The number of ether oxygens (including phenoxy) is 3. The summed E-state index contributed by atoms with van der Waals surface area (Å²) in [5.74, 6) is -1.81. The van der Waals surface area contributed by atoms with Crippen molar-refractivity contribution < 1.29 is 33.4 Å². The van der Waals surface area contributed by atoms with E-state index in [0.29, 0.717) is 44.1 Å². The number of imide groups is 1. The van der Waals surface area contributed by atoms with Gasteiger partial charge in [-0.15, -0.1) is 0 Å². The van der Waals surface area contributed by atoms with Gasteiger partial charge in [-0.25, -0.2) is 4.90 Å². The minimum Gasteiger partial charge on any atom is -0.496 e. The quantitative estimate of drug-likeness (QED) is 0.290. The van der Waals surface area contributed by atoms with Gasteiger partial charge in [0.2, 0.25) is 18.6 Å². The molecule has 3 aromatic rings. The Morgan fingerprint density at radius 3 is 2.43 bits per heavy atom. The van der Waals surface area contributed by atoms with Crippen molar-refractivity contribution in [2.45, 2.75) is 12.1 Å². The SMILES string of the molecule is COc1ccc(C(=O)C2C3C(=O)N(c4ccc5c(c4)OCO5)C(=O)C3C3C=C(C(=O)c4ccccc4)C=CN32)cc1Br. The Bertz CT molecular complexity index is 1730. The van der Waals surface area contributed by atoms with E-state index in [4.69, 9.17) is 14.2 Å². The highest BCUT2D eigenvalue weighted by Crippen LogP contribution is 2.48. The summed E-state index contributed by atoms with van der Waals surface area (Å²) < 4.78 is 16.8. The number of nitrogens with zero attached hydrogens (tertiary/aromatic N) is 2. The Labute approximate surface area is 249 Å². The fraction of sp³-hybridized carbons (Fsp3) is 0.188. The van der Waals surface area contributed by atoms with Crippen LogP contribution in [0.3, 0.4) is 0 Å². The van der Waals surface area contributed by atoms with Crippen LogP contribution in [0, 0.1) is 11.8 Å². The third-order valence-electron chi connectivity index (χ3n) is 8.17. The minimum atomic E-state index is -0.978.